The first-order chi connectivity index (χ1) is 13.2. The highest BCUT2D eigenvalue weighted by atomic mass is 28.4. The predicted octanol–water partition coefficient (Wildman–Crippen LogP) is 1.39. The van der Waals surface area contributed by atoms with Gasteiger partial charge in [-0.1, -0.05) is 81.4 Å². The Morgan fingerprint density at radius 1 is 0.857 bits per heavy atom. The Hall–Kier alpha value is -1.54. The summed E-state index contributed by atoms with van der Waals surface area (Å²) in [5.74, 6) is 0. The van der Waals surface area contributed by atoms with Crippen molar-refractivity contribution in [3.05, 3.63) is 60.7 Å². The molecule has 0 spiro atoms. The zero-order chi connectivity index (χ0) is 20.5. The molecule has 6 heteroatoms. The van der Waals surface area contributed by atoms with Crippen molar-refractivity contribution in [2.24, 2.45) is 0 Å². The largest absolute Gasteiger partial charge is 0.402 e. The molecule has 0 unspecified atom stereocenters. The summed E-state index contributed by atoms with van der Waals surface area (Å²) in [6.45, 7) is 8.34. The fourth-order valence-corrected chi connectivity index (χ4v) is 8.82. The molecule has 1 saturated heterocycles. The number of hydrogen-bond acceptors (Lipinski definition) is 5. The molecule has 0 saturated carbocycles. The van der Waals surface area contributed by atoms with Gasteiger partial charge in [0.15, 0.2) is 6.29 Å². The SMILES string of the molecule is C[C@@H](O[Si](c1ccccc1)(c1ccccc1)C(C)(C)C)[C@H]1O[C@@H](O)[C@H](O)[C@@H]1O. The highest BCUT2D eigenvalue weighted by Gasteiger charge is 2.54. The van der Waals surface area contributed by atoms with Gasteiger partial charge >= 0.3 is 0 Å². The average molecular weight is 403 g/mol. The van der Waals surface area contributed by atoms with E-state index in [4.69, 9.17) is 9.16 Å². The topological polar surface area (TPSA) is 79.2 Å². The Balaban J connectivity index is 2.09. The minimum atomic E-state index is -2.81. The minimum Gasteiger partial charge on any atom is -0.402 e. The maximum absolute atomic E-state index is 10.3. The van der Waals surface area contributed by atoms with Crippen LogP contribution in [0.3, 0.4) is 0 Å². The molecule has 28 heavy (non-hydrogen) atoms. The van der Waals surface area contributed by atoms with Gasteiger partial charge in [0, 0.05) is 0 Å². The Morgan fingerprint density at radius 3 is 1.68 bits per heavy atom. The molecular weight excluding hydrogens is 372 g/mol. The van der Waals surface area contributed by atoms with Gasteiger partial charge in [0.25, 0.3) is 8.32 Å². The number of hydrogen-bond donors (Lipinski definition) is 3. The second-order valence-corrected chi connectivity index (χ2v) is 12.7. The van der Waals surface area contributed by atoms with E-state index in [1.807, 2.05) is 43.3 Å². The van der Waals surface area contributed by atoms with Crippen LogP contribution in [-0.2, 0) is 9.16 Å². The first-order valence-electron chi connectivity index (χ1n) is 9.67. The normalized spacial score (nSPS) is 27.0. The van der Waals surface area contributed by atoms with E-state index in [1.54, 1.807) is 0 Å². The van der Waals surface area contributed by atoms with E-state index in [9.17, 15) is 15.3 Å². The summed E-state index contributed by atoms with van der Waals surface area (Å²) in [6.07, 6.45) is -5.30. The van der Waals surface area contributed by atoms with Crippen molar-refractivity contribution in [1.82, 2.24) is 0 Å². The van der Waals surface area contributed by atoms with Gasteiger partial charge in [0.2, 0.25) is 0 Å². The Morgan fingerprint density at radius 2 is 1.32 bits per heavy atom. The summed E-state index contributed by atoms with van der Waals surface area (Å²) in [4.78, 5) is 0. The number of ether oxygens (including phenoxy) is 1. The predicted molar refractivity (Wildman–Crippen MR) is 111 cm³/mol. The third kappa shape index (κ3) is 3.68. The zero-order valence-corrected chi connectivity index (χ0v) is 17.8. The average Bonchev–Trinajstić information content (AvgIpc) is 2.94. The number of rotatable bonds is 5. The second-order valence-electron chi connectivity index (χ2n) is 8.46. The quantitative estimate of drug-likeness (QED) is 0.659. The molecule has 3 rings (SSSR count). The smallest absolute Gasteiger partial charge is 0.261 e. The van der Waals surface area contributed by atoms with Crippen LogP contribution in [0, 0.1) is 0 Å². The zero-order valence-electron chi connectivity index (χ0n) is 16.8. The maximum Gasteiger partial charge on any atom is 0.261 e. The van der Waals surface area contributed by atoms with Crippen LogP contribution in [0.2, 0.25) is 5.04 Å². The highest BCUT2D eigenvalue weighted by molar-refractivity contribution is 6.99. The molecular formula is C22H30O5Si. The lowest BCUT2D eigenvalue weighted by Gasteiger charge is -2.45. The third-order valence-electron chi connectivity index (χ3n) is 5.52. The molecule has 1 fully saturated rings. The van der Waals surface area contributed by atoms with E-state index in [0.29, 0.717) is 0 Å². The Kier molecular flexibility index (Phi) is 6.10. The summed E-state index contributed by atoms with van der Waals surface area (Å²) >= 11 is 0. The van der Waals surface area contributed by atoms with E-state index >= 15 is 0 Å². The molecule has 0 bridgehead atoms. The standard InChI is InChI=1S/C22H30O5Si/c1-15(20-18(23)19(24)21(25)26-20)27-28(22(2,3)4,16-11-7-5-8-12-16)17-13-9-6-10-14-17/h5-15,18-21,23-25H,1-4H3/t15-,18+,19-,20-,21-/m1/s1. The molecule has 0 amide bonds. The lowest BCUT2D eigenvalue weighted by molar-refractivity contribution is -0.141. The van der Waals surface area contributed by atoms with Gasteiger partial charge in [0.1, 0.15) is 18.3 Å². The van der Waals surface area contributed by atoms with Gasteiger partial charge in [-0.2, -0.15) is 0 Å². The van der Waals surface area contributed by atoms with Gasteiger partial charge in [-0.25, -0.2) is 0 Å². The molecule has 5 nitrogen and oxygen atoms in total. The fourth-order valence-electron chi connectivity index (χ4n) is 4.11. The van der Waals surface area contributed by atoms with Gasteiger partial charge in [-0.05, 0) is 22.3 Å². The molecule has 0 radical (unpaired) electrons. The number of aliphatic hydroxyl groups excluding tert-OH is 3. The van der Waals surface area contributed by atoms with Crippen LogP contribution in [0.1, 0.15) is 27.7 Å². The van der Waals surface area contributed by atoms with Crippen LogP contribution in [0.25, 0.3) is 0 Å². The third-order valence-corrected chi connectivity index (χ3v) is 10.6. The summed E-state index contributed by atoms with van der Waals surface area (Å²) in [5, 5.41) is 32.1. The summed E-state index contributed by atoms with van der Waals surface area (Å²) in [5.41, 5.74) is 0. The first kappa shape index (κ1) is 21.2. The van der Waals surface area contributed by atoms with E-state index < -0.39 is 39.0 Å². The van der Waals surface area contributed by atoms with Gasteiger partial charge in [-0.15, -0.1) is 0 Å². The second kappa shape index (κ2) is 8.06. The highest BCUT2D eigenvalue weighted by Crippen LogP contribution is 2.38. The summed E-state index contributed by atoms with van der Waals surface area (Å²) in [6, 6.07) is 20.4. The van der Waals surface area contributed by atoms with E-state index in [1.165, 1.54) is 0 Å². The summed E-state index contributed by atoms with van der Waals surface area (Å²) in [7, 11) is -2.81. The molecule has 3 N–H and O–H groups in total. The molecule has 152 valence electrons. The molecule has 0 aliphatic carbocycles. The van der Waals surface area contributed by atoms with E-state index in [2.05, 4.69) is 45.0 Å². The maximum atomic E-state index is 10.3. The number of benzene rings is 2. The molecule has 1 aliphatic rings. The van der Waals surface area contributed by atoms with Crippen molar-refractivity contribution >= 4 is 18.7 Å². The van der Waals surface area contributed by atoms with Crippen LogP contribution in [-0.4, -0.2) is 54.3 Å². The van der Waals surface area contributed by atoms with Crippen molar-refractivity contribution in [1.29, 1.82) is 0 Å². The van der Waals surface area contributed by atoms with Crippen LogP contribution in [0.5, 0.6) is 0 Å². The molecule has 2 aromatic carbocycles. The minimum absolute atomic E-state index is 0.218. The van der Waals surface area contributed by atoms with Crippen molar-refractivity contribution < 1.29 is 24.5 Å². The van der Waals surface area contributed by atoms with E-state index in [0.717, 1.165) is 10.4 Å². The molecule has 1 aliphatic heterocycles. The summed E-state index contributed by atoms with van der Waals surface area (Å²) < 4.78 is 12.3. The monoisotopic (exact) mass is 402 g/mol. The van der Waals surface area contributed by atoms with Crippen LogP contribution in [0.15, 0.2) is 60.7 Å². The Labute approximate surface area is 167 Å². The van der Waals surface area contributed by atoms with Crippen molar-refractivity contribution in [2.45, 2.75) is 63.4 Å². The molecule has 1 heterocycles. The van der Waals surface area contributed by atoms with Crippen LogP contribution >= 0.6 is 0 Å². The van der Waals surface area contributed by atoms with Gasteiger partial charge < -0.3 is 24.5 Å². The Bertz CT molecular complexity index is 722. The van der Waals surface area contributed by atoms with Crippen molar-refractivity contribution in [3.63, 3.8) is 0 Å². The number of aliphatic hydroxyl groups is 3. The lowest BCUT2D eigenvalue weighted by Crippen LogP contribution is -2.68. The molecule has 2 aromatic rings. The van der Waals surface area contributed by atoms with Crippen LogP contribution in [0.4, 0.5) is 0 Å². The van der Waals surface area contributed by atoms with Gasteiger partial charge in [-0.3, -0.25) is 0 Å². The van der Waals surface area contributed by atoms with Crippen LogP contribution < -0.4 is 10.4 Å². The van der Waals surface area contributed by atoms with Crippen molar-refractivity contribution in [2.75, 3.05) is 0 Å². The molecule has 5 atom stereocenters. The van der Waals surface area contributed by atoms with Crippen molar-refractivity contribution in [3.8, 4) is 0 Å². The first-order valence-corrected chi connectivity index (χ1v) is 11.6. The van der Waals surface area contributed by atoms with Gasteiger partial charge in [0.05, 0.1) is 6.10 Å². The fraction of sp³-hybridized carbons (Fsp3) is 0.455. The molecule has 0 aromatic heterocycles. The van der Waals surface area contributed by atoms with E-state index in [-0.39, 0.29) is 5.04 Å². The lowest BCUT2D eigenvalue weighted by atomic mass is 10.1.